The fraction of sp³-hybridized carbons (Fsp3) is 0.167. The zero-order valence-corrected chi connectivity index (χ0v) is 19.1. The van der Waals surface area contributed by atoms with Gasteiger partial charge in [-0.1, -0.05) is 49.7 Å². The highest BCUT2D eigenvalue weighted by molar-refractivity contribution is 7.90. The third kappa shape index (κ3) is 4.13. The second kappa shape index (κ2) is 8.41. The van der Waals surface area contributed by atoms with Gasteiger partial charge in [-0.05, 0) is 53.4 Å². The zero-order valence-electron chi connectivity index (χ0n) is 17.5. The first-order valence-electron chi connectivity index (χ1n) is 10.0. The Morgan fingerprint density at radius 2 is 1.72 bits per heavy atom. The third-order valence-electron chi connectivity index (χ3n) is 5.35. The Labute approximate surface area is 191 Å². The molecule has 0 amide bonds. The first-order chi connectivity index (χ1) is 15.2. The number of nitrogens with zero attached hydrogens (tertiary/aromatic N) is 2. The maximum absolute atomic E-state index is 13.7. The maximum Gasteiger partial charge on any atom is 0.335 e. The lowest BCUT2D eigenvalue weighted by Gasteiger charge is -2.13. The van der Waals surface area contributed by atoms with E-state index in [0.717, 1.165) is 11.1 Å². The number of hydrogen-bond donors (Lipinski definition) is 1. The predicted molar refractivity (Wildman–Crippen MR) is 124 cm³/mol. The smallest absolute Gasteiger partial charge is 0.335 e. The number of carboxylic acids is 1. The lowest BCUT2D eigenvalue weighted by atomic mass is 10.0. The summed E-state index contributed by atoms with van der Waals surface area (Å²) in [6.07, 6.45) is 1.74. The summed E-state index contributed by atoms with van der Waals surface area (Å²) in [6.45, 7) is 4.10. The van der Waals surface area contributed by atoms with Crippen LogP contribution in [0.1, 0.15) is 46.9 Å². The molecule has 8 heteroatoms. The first-order valence-corrected chi connectivity index (χ1v) is 11.8. The van der Waals surface area contributed by atoms with Gasteiger partial charge in [0.15, 0.2) is 0 Å². The van der Waals surface area contributed by atoms with Crippen molar-refractivity contribution in [3.8, 4) is 0 Å². The van der Waals surface area contributed by atoms with Gasteiger partial charge in [0.2, 0.25) is 0 Å². The van der Waals surface area contributed by atoms with Crippen LogP contribution < -0.4 is 0 Å². The minimum absolute atomic E-state index is 0.170. The van der Waals surface area contributed by atoms with Gasteiger partial charge in [0.1, 0.15) is 5.15 Å². The molecule has 0 fully saturated rings. The van der Waals surface area contributed by atoms with Gasteiger partial charge in [-0.3, -0.25) is 0 Å². The van der Waals surface area contributed by atoms with E-state index in [2.05, 4.69) is 4.98 Å². The number of carboxylic acid groups (broad SMARTS) is 1. The Hall–Kier alpha value is -3.16. The molecule has 0 unspecified atom stereocenters. The Balaban J connectivity index is 1.84. The molecule has 0 aliphatic carbocycles. The van der Waals surface area contributed by atoms with E-state index in [4.69, 9.17) is 16.7 Å². The van der Waals surface area contributed by atoms with E-state index < -0.39 is 16.0 Å². The molecular weight excluding hydrogens is 448 g/mol. The molecule has 4 rings (SSSR count). The summed E-state index contributed by atoms with van der Waals surface area (Å²) in [4.78, 5) is 15.4. The topological polar surface area (TPSA) is 89.3 Å². The van der Waals surface area contributed by atoms with Crippen molar-refractivity contribution in [2.75, 3.05) is 0 Å². The number of aromatic carboxylic acids is 1. The summed E-state index contributed by atoms with van der Waals surface area (Å²) < 4.78 is 28.6. The van der Waals surface area contributed by atoms with Crippen LogP contribution in [0, 0.1) is 0 Å². The van der Waals surface area contributed by atoms with Crippen LogP contribution in [-0.2, 0) is 16.4 Å². The molecule has 0 atom stereocenters. The van der Waals surface area contributed by atoms with Gasteiger partial charge >= 0.3 is 5.97 Å². The predicted octanol–water partition coefficient (Wildman–Crippen LogP) is 5.34. The van der Waals surface area contributed by atoms with E-state index in [1.807, 2.05) is 26.0 Å². The quantitative estimate of drug-likeness (QED) is 0.386. The van der Waals surface area contributed by atoms with E-state index in [1.165, 1.54) is 22.3 Å². The van der Waals surface area contributed by atoms with Crippen LogP contribution in [0.3, 0.4) is 0 Å². The van der Waals surface area contributed by atoms with Gasteiger partial charge in [-0.2, -0.15) is 0 Å². The number of aromatic nitrogens is 2. The molecule has 164 valence electrons. The van der Waals surface area contributed by atoms with E-state index >= 15 is 0 Å². The summed E-state index contributed by atoms with van der Waals surface area (Å²) in [6, 6.07) is 16.6. The largest absolute Gasteiger partial charge is 0.478 e. The van der Waals surface area contributed by atoms with Crippen LogP contribution in [0.2, 0.25) is 5.15 Å². The van der Waals surface area contributed by atoms with Crippen molar-refractivity contribution in [1.29, 1.82) is 0 Å². The summed E-state index contributed by atoms with van der Waals surface area (Å²) in [5.74, 6) is -0.728. The number of pyridine rings is 1. The van der Waals surface area contributed by atoms with E-state index in [0.29, 0.717) is 16.6 Å². The molecular formula is C24H21ClN2O4S. The Morgan fingerprint density at radius 1 is 1.06 bits per heavy atom. The van der Waals surface area contributed by atoms with Crippen molar-refractivity contribution in [3.63, 3.8) is 0 Å². The number of rotatable bonds is 6. The molecule has 0 bridgehead atoms. The number of fused-ring (bicyclic) bond motifs is 1. The van der Waals surface area contributed by atoms with E-state index in [9.17, 15) is 13.2 Å². The monoisotopic (exact) mass is 468 g/mol. The highest BCUT2D eigenvalue weighted by atomic mass is 35.5. The van der Waals surface area contributed by atoms with Crippen LogP contribution in [0.25, 0.3) is 10.9 Å². The van der Waals surface area contributed by atoms with E-state index in [-0.39, 0.29) is 28.0 Å². The molecule has 0 aliphatic heterocycles. The zero-order chi connectivity index (χ0) is 23.0. The highest BCUT2D eigenvalue weighted by Crippen LogP contribution is 2.29. The molecule has 0 saturated carbocycles. The highest BCUT2D eigenvalue weighted by Gasteiger charge is 2.24. The van der Waals surface area contributed by atoms with Crippen LogP contribution in [0.15, 0.2) is 71.8 Å². The minimum Gasteiger partial charge on any atom is -0.478 e. The Morgan fingerprint density at radius 3 is 2.31 bits per heavy atom. The summed E-state index contributed by atoms with van der Waals surface area (Å²) in [5.41, 5.74) is 2.96. The lowest BCUT2D eigenvalue weighted by Crippen LogP contribution is -2.16. The molecule has 0 aliphatic rings. The second-order valence-electron chi connectivity index (χ2n) is 7.87. The molecule has 2 aromatic carbocycles. The van der Waals surface area contributed by atoms with Gasteiger partial charge in [0.05, 0.1) is 22.2 Å². The number of carbonyl (C=O) groups is 1. The number of benzene rings is 2. The maximum atomic E-state index is 13.7. The van der Waals surface area contributed by atoms with Gasteiger partial charge in [-0.25, -0.2) is 22.2 Å². The van der Waals surface area contributed by atoms with Crippen molar-refractivity contribution >= 4 is 38.5 Å². The molecule has 6 nitrogen and oxygen atoms in total. The fourth-order valence-corrected chi connectivity index (χ4v) is 5.32. The summed E-state index contributed by atoms with van der Waals surface area (Å²) in [5, 5.41) is 10.0. The third-order valence-corrected chi connectivity index (χ3v) is 7.34. The molecule has 2 heterocycles. The standard InChI is InChI=1S/C24H21ClN2O4S/c1-15(2)17-7-9-21(10-8-17)32(30,31)27-20(12-19-13-23(25)26-14-22(19)27)11-16-3-5-18(6-4-16)24(28)29/h3-10,12-15H,11H2,1-2H3,(H,28,29). The lowest BCUT2D eigenvalue weighted by molar-refractivity contribution is 0.0697. The minimum atomic E-state index is -3.91. The van der Waals surface area contributed by atoms with Crippen molar-refractivity contribution in [2.24, 2.45) is 0 Å². The molecule has 4 aromatic rings. The van der Waals surface area contributed by atoms with Gasteiger partial charge < -0.3 is 5.11 Å². The number of hydrogen-bond acceptors (Lipinski definition) is 4. The average molecular weight is 469 g/mol. The van der Waals surface area contributed by atoms with E-state index in [1.54, 1.807) is 36.4 Å². The summed E-state index contributed by atoms with van der Waals surface area (Å²) in [7, 11) is -3.91. The average Bonchev–Trinajstić information content (AvgIpc) is 3.11. The Bertz CT molecular complexity index is 1410. The molecule has 2 aromatic heterocycles. The fourth-order valence-electron chi connectivity index (χ4n) is 3.63. The second-order valence-corrected chi connectivity index (χ2v) is 10.0. The molecule has 1 N–H and O–H groups in total. The number of halogens is 1. The van der Waals surface area contributed by atoms with Crippen molar-refractivity contribution in [2.45, 2.75) is 31.1 Å². The van der Waals surface area contributed by atoms with Gasteiger partial charge in [0, 0.05) is 17.5 Å². The van der Waals surface area contributed by atoms with Crippen molar-refractivity contribution in [1.82, 2.24) is 8.96 Å². The van der Waals surface area contributed by atoms with Gasteiger partial charge in [0.25, 0.3) is 10.0 Å². The molecule has 32 heavy (non-hydrogen) atoms. The molecule has 0 radical (unpaired) electrons. The normalized spacial score (nSPS) is 11.9. The molecule has 0 saturated heterocycles. The molecule has 0 spiro atoms. The summed E-state index contributed by atoms with van der Waals surface area (Å²) >= 11 is 6.04. The van der Waals surface area contributed by atoms with Crippen molar-refractivity contribution in [3.05, 3.63) is 94.4 Å². The van der Waals surface area contributed by atoms with Crippen LogP contribution in [-0.4, -0.2) is 28.5 Å². The van der Waals surface area contributed by atoms with Crippen LogP contribution in [0.4, 0.5) is 0 Å². The Kier molecular flexibility index (Phi) is 5.79. The van der Waals surface area contributed by atoms with Crippen LogP contribution >= 0.6 is 11.6 Å². The van der Waals surface area contributed by atoms with Gasteiger partial charge in [-0.15, -0.1) is 0 Å². The SMILES string of the molecule is CC(C)c1ccc(S(=O)(=O)n2c(Cc3ccc(C(=O)O)cc3)cc3cc(Cl)ncc32)cc1. The van der Waals surface area contributed by atoms with Crippen LogP contribution in [0.5, 0.6) is 0 Å². The van der Waals surface area contributed by atoms with Crippen molar-refractivity contribution < 1.29 is 18.3 Å². The first kappa shape index (κ1) is 22.0.